The molecule has 1 aromatic rings. The van der Waals surface area contributed by atoms with Crippen LogP contribution in [0.15, 0.2) is 36.9 Å². The first-order chi connectivity index (χ1) is 8.75. The summed E-state index contributed by atoms with van der Waals surface area (Å²) in [7, 11) is 0. The van der Waals surface area contributed by atoms with E-state index >= 15 is 0 Å². The quantitative estimate of drug-likeness (QED) is 0.436. The maximum atomic E-state index is 11.8. The van der Waals surface area contributed by atoms with E-state index in [1.54, 1.807) is 30.3 Å². The molecule has 0 bridgehead atoms. The molecule has 1 heterocycles. The van der Waals surface area contributed by atoms with Gasteiger partial charge in [-0.2, -0.15) is 0 Å². The van der Waals surface area contributed by atoms with E-state index in [0.29, 0.717) is 22.2 Å². The maximum Gasteiger partial charge on any atom is 0.352 e. The molecule has 0 unspecified atom stereocenters. The molecule has 0 fully saturated rings. The van der Waals surface area contributed by atoms with Crippen LogP contribution in [0.4, 0.5) is 5.69 Å². The van der Waals surface area contributed by atoms with Gasteiger partial charge in [0, 0.05) is 6.07 Å². The lowest BCUT2D eigenvalue weighted by atomic mass is 10.2. The van der Waals surface area contributed by atoms with Crippen LogP contribution in [0.25, 0.3) is 0 Å². The van der Waals surface area contributed by atoms with Gasteiger partial charge in [0.05, 0.1) is 23.3 Å². The molecule has 1 amide bonds. The highest BCUT2D eigenvalue weighted by Gasteiger charge is 2.45. The summed E-state index contributed by atoms with van der Waals surface area (Å²) in [6.07, 6.45) is 1.61. The number of nitroso groups, excluding NO2 is 1. The number of carbonyl (C=O) groups is 1. The third-order valence-corrected chi connectivity index (χ3v) is 2.36. The molecule has 0 saturated heterocycles. The minimum absolute atomic E-state index is 0.117. The summed E-state index contributed by atoms with van der Waals surface area (Å²) in [4.78, 5) is 29.1. The van der Waals surface area contributed by atoms with E-state index in [1.807, 2.05) is 0 Å². The summed E-state index contributed by atoms with van der Waals surface area (Å²) in [5.41, 5.74) is 0.619. The van der Waals surface area contributed by atoms with E-state index in [0.717, 1.165) is 0 Å². The first-order valence-corrected chi connectivity index (χ1v) is 5.48. The van der Waals surface area contributed by atoms with Crippen LogP contribution in [0.5, 0.6) is 0 Å². The van der Waals surface area contributed by atoms with Gasteiger partial charge in [0.1, 0.15) is 12.2 Å². The van der Waals surface area contributed by atoms with E-state index in [2.05, 4.69) is 6.58 Å². The van der Waals surface area contributed by atoms with Crippen molar-refractivity contribution < 1.29 is 19.2 Å². The standard InChI is InChI=1S/C12H13N2O4/c1-2-7-17-8-9-18-14-12(15)10-5-3-4-6-11(10)13(14)16/h2-6H,1,7-9H2/q+1. The molecule has 2 rings (SSSR count). The Hall–Kier alpha value is -2.05. The zero-order chi connectivity index (χ0) is 13.0. The van der Waals surface area contributed by atoms with Crippen molar-refractivity contribution in [2.24, 2.45) is 0 Å². The van der Waals surface area contributed by atoms with Crippen LogP contribution < -0.4 is 0 Å². The Morgan fingerprint density at radius 3 is 2.83 bits per heavy atom. The Labute approximate surface area is 104 Å². The summed E-state index contributed by atoms with van der Waals surface area (Å²) < 4.78 is 5.09. The Morgan fingerprint density at radius 2 is 2.11 bits per heavy atom. The third-order valence-electron chi connectivity index (χ3n) is 2.36. The second kappa shape index (κ2) is 5.52. The van der Waals surface area contributed by atoms with Crippen molar-refractivity contribution >= 4 is 11.6 Å². The first-order valence-electron chi connectivity index (χ1n) is 5.48. The maximum absolute atomic E-state index is 11.8. The monoisotopic (exact) mass is 249 g/mol. The van der Waals surface area contributed by atoms with Crippen LogP contribution in [0.2, 0.25) is 0 Å². The fourth-order valence-corrected chi connectivity index (χ4v) is 1.57. The highest BCUT2D eigenvalue weighted by molar-refractivity contribution is 5.98. The van der Waals surface area contributed by atoms with Crippen molar-refractivity contribution in [2.45, 2.75) is 0 Å². The molecule has 0 saturated carbocycles. The topological polar surface area (TPSA) is 58.9 Å². The van der Waals surface area contributed by atoms with Crippen LogP contribution >= 0.6 is 0 Å². The minimum atomic E-state index is -0.468. The third kappa shape index (κ3) is 2.29. The van der Waals surface area contributed by atoms with Crippen LogP contribution in [0.3, 0.4) is 0 Å². The van der Waals surface area contributed by atoms with E-state index < -0.39 is 5.91 Å². The molecule has 1 aliphatic heterocycles. The minimum Gasteiger partial charge on any atom is -0.375 e. The average Bonchev–Trinajstić information content (AvgIpc) is 2.64. The molecule has 0 aliphatic carbocycles. The number of benzene rings is 1. The number of hydrazine groups is 1. The highest BCUT2D eigenvalue weighted by atomic mass is 16.7. The van der Waals surface area contributed by atoms with Gasteiger partial charge in [0.2, 0.25) is 0 Å². The highest BCUT2D eigenvalue weighted by Crippen LogP contribution is 2.28. The second-order valence-electron chi connectivity index (χ2n) is 3.56. The number of nitrogens with zero attached hydrogens (tertiary/aromatic N) is 2. The summed E-state index contributed by atoms with van der Waals surface area (Å²) in [5.74, 6) is -0.468. The molecule has 1 aromatic carbocycles. The number of fused-ring (bicyclic) bond motifs is 1. The molecule has 0 N–H and O–H groups in total. The second-order valence-corrected chi connectivity index (χ2v) is 3.56. The van der Waals surface area contributed by atoms with Crippen molar-refractivity contribution in [3.8, 4) is 0 Å². The number of rotatable bonds is 6. The van der Waals surface area contributed by atoms with E-state index in [-0.39, 0.29) is 18.9 Å². The van der Waals surface area contributed by atoms with E-state index in [1.165, 1.54) is 0 Å². The van der Waals surface area contributed by atoms with Gasteiger partial charge in [-0.05, 0) is 6.07 Å². The number of ether oxygens (including phenoxy) is 1. The molecular weight excluding hydrogens is 236 g/mol. The number of hydrogen-bond acceptors (Lipinski definition) is 4. The van der Waals surface area contributed by atoms with Crippen molar-refractivity contribution in [3.05, 3.63) is 47.4 Å². The number of hydrogen-bond donors (Lipinski definition) is 0. The van der Waals surface area contributed by atoms with Gasteiger partial charge in [-0.25, -0.2) is 4.84 Å². The molecule has 18 heavy (non-hydrogen) atoms. The Morgan fingerprint density at radius 1 is 1.33 bits per heavy atom. The molecule has 0 radical (unpaired) electrons. The summed E-state index contributed by atoms with van der Waals surface area (Å²) in [5, 5.41) is 0.696. The molecule has 0 aromatic heterocycles. The first kappa shape index (κ1) is 12.4. The molecule has 0 spiro atoms. The lowest BCUT2D eigenvalue weighted by Gasteiger charge is -2.05. The van der Waals surface area contributed by atoms with Crippen molar-refractivity contribution in [3.63, 3.8) is 0 Å². The lowest BCUT2D eigenvalue weighted by molar-refractivity contribution is -0.689. The zero-order valence-electron chi connectivity index (χ0n) is 9.74. The van der Waals surface area contributed by atoms with Crippen molar-refractivity contribution in [1.82, 2.24) is 5.17 Å². The molecule has 0 atom stereocenters. The average molecular weight is 249 g/mol. The predicted octanol–water partition coefficient (Wildman–Crippen LogP) is 1.60. The van der Waals surface area contributed by atoms with Gasteiger partial charge < -0.3 is 4.74 Å². The van der Waals surface area contributed by atoms with Gasteiger partial charge in [-0.3, -0.25) is 4.79 Å². The summed E-state index contributed by atoms with van der Waals surface area (Å²) >= 11 is 0. The Bertz CT molecular complexity index is 452. The fourth-order valence-electron chi connectivity index (χ4n) is 1.57. The van der Waals surface area contributed by atoms with Crippen molar-refractivity contribution in [1.29, 1.82) is 0 Å². The molecule has 1 aliphatic rings. The number of carbonyl (C=O) groups excluding carboxylic acids is 1. The van der Waals surface area contributed by atoms with Crippen LogP contribution in [-0.4, -0.2) is 35.8 Å². The zero-order valence-corrected chi connectivity index (χ0v) is 9.74. The van der Waals surface area contributed by atoms with Gasteiger partial charge in [-0.15, -0.1) is 6.58 Å². The van der Waals surface area contributed by atoms with Crippen LogP contribution in [-0.2, 0) is 9.57 Å². The molecule has 94 valence electrons. The summed E-state index contributed by atoms with van der Waals surface area (Å²) in [6.45, 7) is 4.29. The SMILES string of the molecule is C=CCOCCON1C(=O)c2ccccc2[N+]1=O. The Balaban J connectivity index is 1.94. The number of hydroxylamine groups is 1. The summed E-state index contributed by atoms with van der Waals surface area (Å²) in [6, 6.07) is 6.53. The van der Waals surface area contributed by atoms with Gasteiger partial charge in [-0.1, -0.05) is 18.2 Å². The van der Waals surface area contributed by atoms with Crippen LogP contribution in [0.1, 0.15) is 10.4 Å². The molecule has 6 nitrogen and oxygen atoms in total. The molecule has 6 heteroatoms. The smallest absolute Gasteiger partial charge is 0.352 e. The normalized spacial score (nSPS) is 13.9. The van der Waals surface area contributed by atoms with Crippen molar-refractivity contribution in [2.75, 3.05) is 19.8 Å². The van der Waals surface area contributed by atoms with Gasteiger partial charge in [0.25, 0.3) is 0 Å². The van der Waals surface area contributed by atoms with E-state index in [4.69, 9.17) is 9.57 Å². The predicted molar refractivity (Wildman–Crippen MR) is 62.9 cm³/mol. The van der Waals surface area contributed by atoms with Gasteiger partial charge >= 0.3 is 11.6 Å². The van der Waals surface area contributed by atoms with E-state index in [9.17, 15) is 9.70 Å². The Kier molecular flexibility index (Phi) is 3.81. The number of amides is 1. The fraction of sp³-hybridized carbons (Fsp3) is 0.250. The number of para-hydroxylation sites is 1. The molecular formula is C12H13N2O4+. The largest absolute Gasteiger partial charge is 0.375 e. The van der Waals surface area contributed by atoms with Crippen LogP contribution in [0, 0.1) is 4.91 Å². The lowest BCUT2D eigenvalue weighted by Crippen LogP contribution is -2.31. The van der Waals surface area contributed by atoms with Gasteiger partial charge in [0.15, 0.2) is 4.87 Å².